The molecule has 0 amide bonds. The van der Waals surface area contributed by atoms with Crippen LogP contribution in [0.25, 0.3) is 0 Å². The molecule has 1 saturated heterocycles. The van der Waals surface area contributed by atoms with Crippen molar-refractivity contribution in [3.63, 3.8) is 0 Å². The number of nitrogens with zero attached hydrogens (tertiary/aromatic N) is 2. The average Bonchev–Trinajstić information content (AvgIpc) is 2.56. The number of anilines is 1. The minimum atomic E-state index is -0.148. The first-order chi connectivity index (χ1) is 11.2. The lowest BCUT2D eigenvalue weighted by molar-refractivity contribution is 0.00994. The molecule has 5 heteroatoms. The molecule has 1 heterocycles. The molecule has 2 fully saturated rings. The molecule has 0 radical (unpaired) electrons. The molecule has 4 nitrogen and oxygen atoms in total. The lowest BCUT2D eigenvalue weighted by Crippen LogP contribution is -2.50. The number of hydrogen-bond acceptors (Lipinski definition) is 4. The molecule has 1 aliphatic heterocycles. The van der Waals surface area contributed by atoms with Gasteiger partial charge < -0.3 is 10.4 Å². The van der Waals surface area contributed by atoms with Gasteiger partial charge in [-0.2, -0.15) is 5.26 Å². The van der Waals surface area contributed by atoms with E-state index in [4.69, 9.17) is 16.9 Å². The van der Waals surface area contributed by atoms with Crippen molar-refractivity contribution in [1.29, 1.82) is 5.26 Å². The number of aliphatic hydroxyl groups is 1. The van der Waals surface area contributed by atoms with Gasteiger partial charge in [0.25, 0.3) is 0 Å². The lowest BCUT2D eigenvalue weighted by Gasteiger charge is -2.41. The zero-order valence-corrected chi connectivity index (χ0v) is 14.1. The smallest absolute Gasteiger partial charge is 0.101 e. The molecule has 0 spiro atoms. The van der Waals surface area contributed by atoms with Gasteiger partial charge in [0.2, 0.25) is 0 Å². The van der Waals surface area contributed by atoms with Gasteiger partial charge >= 0.3 is 0 Å². The second-order valence-corrected chi connectivity index (χ2v) is 7.09. The summed E-state index contributed by atoms with van der Waals surface area (Å²) in [6.45, 7) is 2.06. The maximum absolute atomic E-state index is 10.2. The SMILES string of the molecule is N#Cc1ccc(NC2CCN(C3CCCCC3O)CC2)cc1Cl. The Kier molecular flexibility index (Phi) is 5.42. The van der Waals surface area contributed by atoms with Gasteiger partial charge in [-0.25, -0.2) is 0 Å². The average molecular weight is 334 g/mol. The van der Waals surface area contributed by atoms with Crippen LogP contribution in [0.4, 0.5) is 5.69 Å². The fraction of sp³-hybridized carbons (Fsp3) is 0.611. The van der Waals surface area contributed by atoms with Crippen molar-refractivity contribution in [3.8, 4) is 6.07 Å². The van der Waals surface area contributed by atoms with Gasteiger partial charge in [-0.1, -0.05) is 24.4 Å². The molecule has 1 saturated carbocycles. The first kappa shape index (κ1) is 16.6. The highest BCUT2D eigenvalue weighted by Gasteiger charge is 2.31. The summed E-state index contributed by atoms with van der Waals surface area (Å²) in [7, 11) is 0. The minimum Gasteiger partial charge on any atom is -0.391 e. The standard InChI is InChI=1S/C18H24ClN3O/c19-16-11-15(6-5-13(16)12-20)21-14-7-9-22(10-8-14)17-3-1-2-4-18(17)23/h5-6,11,14,17-18,21,23H,1-4,7-10H2. The highest BCUT2D eigenvalue weighted by molar-refractivity contribution is 6.32. The normalized spacial score (nSPS) is 26.7. The number of hydrogen-bond donors (Lipinski definition) is 2. The summed E-state index contributed by atoms with van der Waals surface area (Å²) in [5.41, 5.74) is 1.49. The molecule has 3 rings (SSSR count). The largest absolute Gasteiger partial charge is 0.391 e. The molecule has 2 unspecified atom stereocenters. The zero-order valence-electron chi connectivity index (χ0n) is 13.3. The van der Waals surface area contributed by atoms with Crippen molar-refractivity contribution in [2.45, 2.75) is 56.7 Å². The molecular weight excluding hydrogens is 310 g/mol. The first-order valence-corrected chi connectivity index (χ1v) is 8.93. The number of halogens is 1. The fourth-order valence-electron chi connectivity index (χ4n) is 3.82. The Morgan fingerprint density at radius 2 is 1.91 bits per heavy atom. The number of likely N-dealkylation sites (tertiary alicyclic amines) is 1. The van der Waals surface area contributed by atoms with Crippen LogP contribution in [0, 0.1) is 11.3 Å². The van der Waals surface area contributed by atoms with E-state index in [1.165, 1.54) is 6.42 Å². The maximum atomic E-state index is 10.2. The molecule has 2 atom stereocenters. The highest BCUT2D eigenvalue weighted by Crippen LogP contribution is 2.27. The predicted molar refractivity (Wildman–Crippen MR) is 92.6 cm³/mol. The second-order valence-electron chi connectivity index (χ2n) is 6.68. The van der Waals surface area contributed by atoms with Crippen LogP contribution in [0.5, 0.6) is 0 Å². The third-order valence-corrected chi connectivity index (χ3v) is 5.47. The predicted octanol–water partition coefficient (Wildman–Crippen LogP) is 3.39. The molecule has 2 N–H and O–H groups in total. The molecule has 1 aromatic rings. The van der Waals surface area contributed by atoms with E-state index in [1.807, 2.05) is 12.1 Å². The van der Waals surface area contributed by atoms with Crippen LogP contribution >= 0.6 is 11.6 Å². The third-order valence-electron chi connectivity index (χ3n) is 5.15. The van der Waals surface area contributed by atoms with E-state index in [0.717, 1.165) is 50.9 Å². The van der Waals surface area contributed by atoms with E-state index in [-0.39, 0.29) is 6.10 Å². The summed E-state index contributed by atoms with van der Waals surface area (Å²) in [5, 5.41) is 23.2. The molecule has 124 valence electrons. The van der Waals surface area contributed by atoms with Gasteiger partial charge in [0.1, 0.15) is 6.07 Å². The van der Waals surface area contributed by atoms with Gasteiger partial charge in [-0.15, -0.1) is 0 Å². The van der Waals surface area contributed by atoms with Crippen LogP contribution in [-0.2, 0) is 0 Å². The minimum absolute atomic E-state index is 0.148. The van der Waals surface area contributed by atoms with Gasteiger partial charge in [0.05, 0.1) is 16.7 Å². The molecular formula is C18H24ClN3O. The number of nitrogens with one attached hydrogen (secondary N) is 1. The number of aliphatic hydroxyl groups excluding tert-OH is 1. The van der Waals surface area contributed by atoms with Crippen molar-refractivity contribution in [3.05, 3.63) is 28.8 Å². The van der Waals surface area contributed by atoms with Crippen molar-refractivity contribution in [2.75, 3.05) is 18.4 Å². The Balaban J connectivity index is 1.53. The van der Waals surface area contributed by atoms with Crippen molar-refractivity contribution >= 4 is 17.3 Å². The third kappa shape index (κ3) is 3.98. The Hall–Kier alpha value is -1.28. The number of benzene rings is 1. The van der Waals surface area contributed by atoms with Crippen molar-refractivity contribution < 1.29 is 5.11 Å². The Bertz CT molecular complexity index is 578. The molecule has 23 heavy (non-hydrogen) atoms. The maximum Gasteiger partial charge on any atom is 0.101 e. The monoisotopic (exact) mass is 333 g/mol. The fourth-order valence-corrected chi connectivity index (χ4v) is 4.05. The summed E-state index contributed by atoms with van der Waals surface area (Å²) in [6, 6.07) is 8.38. The van der Waals surface area contributed by atoms with Crippen LogP contribution in [0.15, 0.2) is 18.2 Å². The summed E-state index contributed by atoms with van der Waals surface area (Å²) in [5.74, 6) is 0. The summed E-state index contributed by atoms with van der Waals surface area (Å²) >= 11 is 6.09. The summed E-state index contributed by atoms with van der Waals surface area (Å²) in [4.78, 5) is 2.47. The summed E-state index contributed by atoms with van der Waals surface area (Å²) < 4.78 is 0. The van der Waals surface area contributed by atoms with Gasteiger partial charge in [0, 0.05) is 30.9 Å². The van der Waals surface area contributed by atoms with E-state index in [2.05, 4.69) is 16.3 Å². The van der Waals surface area contributed by atoms with E-state index in [9.17, 15) is 5.11 Å². The Labute approximate surface area is 143 Å². The van der Waals surface area contributed by atoms with Crippen LogP contribution in [-0.4, -0.2) is 41.3 Å². The lowest BCUT2D eigenvalue weighted by atomic mass is 9.89. The van der Waals surface area contributed by atoms with E-state index in [0.29, 0.717) is 22.7 Å². The Morgan fingerprint density at radius 3 is 2.57 bits per heavy atom. The van der Waals surface area contributed by atoms with E-state index < -0.39 is 0 Å². The van der Waals surface area contributed by atoms with E-state index >= 15 is 0 Å². The van der Waals surface area contributed by atoms with Gasteiger partial charge in [-0.05, 0) is 43.9 Å². The second kappa shape index (κ2) is 7.53. The van der Waals surface area contributed by atoms with Gasteiger partial charge in [-0.3, -0.25) is 4.90 Å². The molecule has 1 aliphatic carbocycles. The number of nitriles is 1. The van der Waals surface area contributed by atoms with Crippen molar-refractivity contribution in [1.82, 2.24) is 4.90 Å². The van der Waals surface area contributed by atoms with Crippen LogP contribution in [0.1, 0.15) is 44.1 Å². The van der Waals surface area contributed by atoms with Crippen LogP contribution in [0.3, 0.4) is 0 Å². The van der Waals surface area contributed by atoms with E-state index in [1.54, 1.807) is 6.07 Å². The molecule has 2 aliphatic rings. The first-order valence-electron chi connectivity index (χ1n) is 8.55. The Morgan fingerprint density at radius 1 is 1.17 bits per heavy atom. The van der Waals surface area contributed by atoms with Crippen molar-refractivity contribution in [2.24, 2.45) is 0 Å². The summed E-state index contributed by atoms with van der Waals surface area (Å²) in [6.07, 6.45) is 6.47. The molecule has 0 aromatic heterocycles. The van der Waals surface area contributed by atoms with Crippen LogP contribution < -0.4 is 5.32 Å². The number of piperidine rings is 1. The molecule has 1 aromatic carbocycles. The quantitative estimate of drug-likeness (QED) is 0.890. The number of rotatable bonds is 3. The zero-order chi connectivity index (χ0) is 16.2. The van der Waals surface area contributed by atoms with Crippen LogP contribution in [0.2, 0.25) is 5.02 Å². The topological polar surface area (TPSA) is 59.3 Å². The van der Waals surface area contributed by atoms with Gasteiger partial charge in [0.15, 0.2) is 0 Å². The molecule has 0 bridgehead atoms. The highest BCUT2D eigenvalue weighted by atomic mass is 35.5.